The van der Waals surface area contributed by atoms with Crippen molar-refractivity contribution in [3.63, 3.8) is 0 Å². The maximum atomic E-state index is 4.61. The second-order valence-corrected chi connectivity index (χ2v) is 3.77. The third kappa shape index (κ3) is 2.09. The molecular formula is C13H16N2. The Bertz CT molecular complexity index is 429. The van der Waals surface area contributed by atoms with E-state index in [0.717, 1.165) is 24.2 Å². The standard InChI is InChI=1S/C13H16N2/c1-3-7-12-10(2)14-13(15-12)11-8-5-4-6-9-11/h4-6,8-9H,3,7H2,1-2H3,(H,14,15). The van der Waals surface area contributed by atoms with Crippen LogP contribution in [0.15, 0.2) is 30.3 Å². The SMILES string of the molecule is CCCc1nc(-c2ccccc2)[nH]c1C. The highest BCUT2D eigenvalue weighted by Crippen LogP contribution is 2.18. The van der Waals surface area contributed by atoms with Crippen LogP contribution in [0, 0.1) is 6.92 Å². The van der Waals surface area contributed by atoms with E-state index in [1.165, 1.54) is 11.4 Å². The predicted molar refractivity (Wildman–Crippen MR) is 62.8 cm³/mol. The number of aryl methyl sites for hydroxylation is 2. The number of imidazole rings is 1. The molecule has 15 heavy (non-hydrogen) atoms. The first kappa shape index (κ1) is 9.97. The molecule has 0 atom stereocenters. The van der Waals surface area contributed by atoms with Crippen molar-refractivity contribution in [3.8, 4) is 11.4 Å². The average molecular weight is 200 g/mol. The zero-order valence-corrected chi connectivity index (χ0v) is 9.25. The molecule has 0 bridgehead atoms. The van der Waals surface area contributed by atoms with Crippen molar-refractivity contribution in [2.24, 2.45) is 0 Å². The summed E-state index contributed by atoms with van der Waals surface area (Å²) in [7, 11) is 0. The monoisotopic (exact) mass is 200 g/mol. The third-order valence-corrected chi connectivity index (χ3v) is 2.52. The first-order valence-corrected chi connectivity index (χ1v) is 5.42. The number of aromatic nitrogens is 2. The Labute approximate surface area is 90.4 Å². The summed E-state index contributed by atoms with van der Waals surface area (Å²) >= 11 is 0. The van der Waals surface area contributed by atoms with Gasteiger partial charge in [-0.15, -0.1) is 0 Å². The number of nitrogens with one attached hydrogen (secondary N) is 1. The van der Waals surface area contributed by atoms with Crippen molar-refractivity contribution >= 4 is 0 Å². The van der Waals surface area contributed by atoms with Crippen molar-refractivity contribution in [1.29, 1.82) is 0 Å². The van der Waals surface area contributed by atoms with E-state index in [2.05, 4.69) is 35.9 Å². The molecule has 0 radical (unpaired) electrons. The molecule has 0 spiro atoms. The summed E-state index contributed by atoms with van der Waals surface area (Å²) in [6, 6.07) is 10.2. The first-order valence-electron chi connectivity index (χ1n) is 5.42. The van der Waals surface area contributed by atoms with Gasteiger partial charge in [0.05, 0.1) is 5.69 Å². The highest BCUT2D eigenvalue weighted by atomic mass is 14.9. The van der Waals surface area contributed by atoms with E-state index in [-0.39, 0.29) is 0 Å². The number of hydrogen-bond donors (Lipinski definition) is 1. The minimum absolute atomic E-state index is 0.983. The van der Waals surface area contributed by atoms with Gasteiger partial charge in [0.2, 0.25) is 0 Å². The smallest absolute Gasteiger partial charge is 0.137 e. The molecule has 1 heterocycles. The molecule has 2 heteroatoms. The average Bonchev–Trinajstić information content (AvgIpc) is 2.63. The number of nitrogens with zero attached hydrogens (tertiary/aromatic N) is 1. The summed E-state index contributed by atoms with van der Waals surface area (Å²) in [5.74, 6) is 0.983. The van der Waals surface area contributed by atoms with Gasteiger partial charge in [0.25, 0.3) is 0 Å². The minimum atomic E-state index is 0.983. The maximum absolute atomic E-state index is 4.61. The molecule has 2 aromatic rings. The van der Waals surface area contributed by atoms with Crippen LogP contribution in [-0.4, -0.2) is 9.97 Å². The lowest BCUT2D eigenvalue weighted by atomic mass is 10.2. The fraction of sp³-hybridized carbons (Fsp3) is 0.308. The molecule has 2 nitrogen and oxygen atoms in total. The van der Waals surface area contributed by atoms with Gasteiger partial charge in [-0.2, -0.15) is 0 Å². The largest absolute Gasteiger partial charge is 0.342 e. The van der Waals surface area contributed by atoms with E-state index in [4.69, 9.17) is 0 Å². The normalized spacial score (nSPS) is 10.5. The second kappa shape index (κ2) is 4.30. The quantitative estimate of drug-likeness (QED) is 0.808. The summed E-state index contributed by atoms with van der Waals surface area (Å²) < 4.78 is 0. The molecule has 0 saturated heterocycles. The Morgan fingerprint density at radius 1 is 1.20 bits per heavy atom. The van der Waals surface area contributed by atoms with Crippen LogP contribution in [0.3, 0.4) is 0 Å². The highest BCUT2D eigenvalue weighted by Gasteiger charge is 2.06. The Balaban J connectivity index is 2.34. The van der Waals surface area contributed by atoms with Crippen LogP contribution < -0.4 is 0 Å². The van der Waals surface area contributed by atoms with Crippen molar-refractivity contribution < 1.29 is 0 Å². The molecule has 0 amide bonds. The second-order valence-electron chi connectivity index (χ2n) is 3.77. The lowest BCUT2D eigenvalue weighted by Crippen LogP contribution is -1.85. The van der Waals surface area contributed by atoms with E-state index < -0.39 is 0 Å². The van der Waals surface area contributed by atoms with Crippen molar-refractivity contribution in [3.05, 3.63) is 41.7 Å². The molecule has 78 valence electrons. The Hall–Kier alpha value is -1.57. The topological polar surface area (TPSA) is 28.7 Å². The number of hydrogen-bond acceptors (Lipinski definition) is 1. The van der Waals surface area contributed by atoms with E-state index in [0.29, 0.717) is 0 Å². The van der Waals surface area contributed by atoms with Gasteiger partial charge in [-0.1, -0.05) is 43.7 Å². The van der Waals surface area contributed by atoms with Crippen molar-refractivity contribution in [2.75, 3.05) is 0 Å². The van der Waals surface area contributed by atoms with Crippen LogP contribution in [0.4, 0.5) is 0 Å². The molecule has 1 N–H and O–H groups in total. The van der Waals surface area contributed by atoms with Crippen LogP contribution in [0.1, 0.15) is 24.7 Å². The van der Waals surface area contributed by atoms with Gasteiger partial charge in [0, 0.05) is 11.3 Å². The molecule has 0 aliphatic heterocycles. The lowest BCUT2D eigenvalue weighted by Gasteiger charge is -1.94. The summed E-state index contributed by atoms with van der Waals surface area (Å²) in [4.78, 5) is 7.95. The van der Waals surface area contributed by atoms with Gasteiger partial charge in [-0.3, -0.25) is 0 Å². The summed E-state index contributed by atoms with van der Waals surface area (Å²) in [5, 5.41) is 0. The van der Waals surface area contributed by atoms with Crippen LogP contribution in [-0.2, 0) is 6.42 Å². The van der Waals surface area contributed by atoms with E-state index >= 15 is 0 Å². The predicted octanol–water partition coefficient (Wildman–Crippen LogP) is 3.34. The fourth-order valence-corrected chi connectivity index (χ4v) is 1.71. The van der Waals surface area contributed by atoms with Crippen LogP contribution in [0.5, 0.6) is 0 Å². The summed E-state index contributed by atoms with van der Waals surface area (Å²) in [6.45, 7) is 4.26. The molecule has 0 fully saturated rings. The van der Waals surface area contributed by atoms with E-state index in [1.807, 2.05) is 18.2 Å². The Kier molecular flexibility index (Phi) is 2.86. The Morgan fingerprint density at radius 2 is 1.93 bits per heavy atom. The number of H-pyrrole nitrogens is 1. The minimum Gasteiger partial charge on any atom is -0.342 e. The van der Waals surface area contributed by atoms with Crippen molar-refractivity contribution in [1.82, 2.24) is 9.97 Å². The number of aromatic amines is 1. The fourth-order valence-electron chi connectivity index (χ4n) is 1.71. The third-order valence-electron chi connectivity index (χ3n) is 2.52. The molecule has 0 unspecified atom stereocenters. The number of rotatable bonds is 3. The van der Waals surface area contributed by atoms with Gasteiger partial charge in [-0.25, -0.2) is 4.98 Å². The van der Waals surface area contributed by atoms with Crippen LogP contribution >= 0.6 is 0 Å². The van der Waals surface area contributed by atoms with Crippen LogP contribution in [0.25, 0.3) is 11.4 Å². The first-order chi connectivity index (χ1) is 7.31. The van der Waals surface area contributed by atoms with Crippen molar-refractivity contribution in [2.45, 2.75) is 26.7 Å². The molecule has 0 saturated carbocycles. The van der Waals surface area contributed by atoms with Gasteiger partial charge >= 0.3 is 0 Å². The maximum Gasteiger partial charge on any atom is 0.137 e. The summed E-state index contributed by atoms with van der Waals surface area (Å²) in [5.41, 5.74) is 3.54. The molecule has 2 rings (SSSR count). The molecule has 1 aromatic heterocycles. The number of benzene rings is 1. The van der Waals surface area contributed by atoms with E-state index in [9.17, 15) is 0 Å². The van der Waals surface area contributed by atoms with Crippen LogP contribution in [0.2, 0.25) is 0 Å². The highest BCUT2D eigenvalue weighted by molar-refractivity contribution is 5.55. The molecule has 0 aliphatic carbocycles. The lowest BCUT2D eigenvalue weighted by molar-refractivity contribution is 0.883. The molecular weight excluding hydrogens is 184 g/mol. The van der Waals surface area contributed by atoms with Gasteiger partial charge < -0.3 is 4.98 Å². The summed E-state index contributed by atoms with van der Waals surface area (Å²) in [6.07, 6.45) is 2.19. The molecule has 0 aliphatic rings. The zero-order chi connectivity index (χ0) is 10.7. The molecule has 1 aromatic carbocycles. The van der Waals surface area contributed by atoms with Gasteiger partial charge in [0.15, 0.2) is 0 Å². The Morgan fingerprint density at radius 3 is 2.60 bits per heavy atom. The van der Waals surface area contributed by atoms with E-state index in [1.54, 1.807) is 0 Å². The van der Waals surface area contributed by atoms with Gasteiger partial charge in [0.1, 0.15) is 5.82 Å². The zero-order valence-electron chi connectivity index (χ0n) is 9.25. The van der Waals surface area contributed by atoms with Gasteiger partial charge in [-0.05, 0) is 13.3 Å².